The van der Waals surface area contributed by atoms with E-state index in [2.05, 4.69) is 15.5 Å². The van der Waals surface area contributed by atoms with Crippen LogP contribution in [0.2, 0.25) is 5.02 Å². The largest absolute Gasteiger partial charge is 0.490 e. The Bertz CT molecular complexity index is 1180. The van der Waals surface area contributed by atoms with Crippen LogP contribution < -0.4 is 15.0 Å². The molecular weight excluding hydrogens is 466 g/mol. The van der Waals surface area contributed by atoms with Gasteiger partial charge in [0.25, 0.3) is 5.91 Å². The zero-order valence-electron chi connectivity index (χ0n) is 19.1. The number of carbonyl (C=O) groups is 2. The Labute approximate surface area is 208 Å². The number of hydrogen-bond donors (Lipinski definition) is 1. The van der Waals surface area contributed by atoms with Crippen LogP contribution in [0.25, 0.3) is 0 Å². The molecule has 0 saturated carbocycles. The van der Waals surface area contributed by atoms with Gasteiger partial charge in [-0.15, -0.1) is 5.10 Å². The SMILES string of the molecule is O=C(c1ccccc1Cl)N1CCC(Oc2ccc(N(C(=O)C3CNC3)c3cccnn3)cc2)CC1. The van der Waals surface area contributed by atoms with Gasteiger partial charge < -0.3 is 15.0 Å². The first-order valence-corrected chi connectivity index (χ1v) is 12.1. The second kappa shape index (κ2) is 10.4. The van der Waals surface area contributed by atoms with Gasteiger partial charge in [-0.2, -0.15) is 5.10 Å². The molecule has 0 bridgehead atoms. The number of benzene rings is 2. The first kappa shape index (κ1) is 23.3. The van der Waals surface area contributed by atoms with Crippen LogP contribution in [0.3, 0.4) is 0 Å². The summed E-state index contributed by atoms with van der Waals surface area (Å²) in [5, 5.41) is 11.7. The van der Waals surface area contributed by atoms with E-state index < -0.39 is 0 Å². The number of ether oxygens (including phenoxy) is 1. The van der Waals surface area contributed by atoms with Gasteiger partial charge in [0, 0.05) is 45.2 Å². The molecule has 2 aromatic carbocycles. The van der Waals surface area contributed by atoms with E-state index in [9.17, 15) is 9.59 Å². The van der Waals surface area contributed by atoms with Crippen molar-refractivity contribution in [2.45, 2.75) is 18.9 Å². The highest BCUT2D eigenvalue weighted by molar-refractivity contribution is 6.33. The number of carbonyl (C=O) groups excluding carboxylic acids is 2. The number of piperidine rings is 1. The van der Waals surface area contributed by atoms with Crippen LogP contribution in [0.15, 0.2) is 66.9 Å². The molecule has 8 nitrogen and oxygen atoms in total. The summed E-state index contributed by atoms with van der Waals surface area (Å²) in [5.74, 6) is 1.09. The van der Waals surface area contributed by atoms with E-state index >= 15 is 0 Å². The van der Waals surface area contributed by atoms with Gasteiger partial charge in [0.05, 0.1) is 22.2 Å². The maximum atomic E-state index is 13.1. The number of aromatic nitrogens is 2. The number of halogens is 1. The zero-order chi connectivity index (χ0) is 24.2. The molecule has 2 fully saturated rings. The summed E-state index contributed by atoms with van der Waals surface area (Å²) in [6, 6.07) is 18.1. The molecule has 1 N–H and O–H groups in total. The Morgan fingerprint density at radius 1 is 1.00 bits per heavy atom. The van der Waals surface area contributed by atoms with E-state index in [0.29, 0.717) is 42.6 Å². The van der Waals surface area contributed by atoms with Crippen LogP contribution in [-0.2, 0) is 4.79 Å². The molecule has 2 amide bonds. The first-order chi connectivity index (χ1) is 17.1. The number of likely N-dealkylation sites (tertiary alicyclic amines) is 1. The van der Waals surface area contributed by atoms with Crippen molar-refractivity contribution >= 4 is 34.9 Å². The van der Waals surface area contributed by atoms with E-state index in [-0.39, 0.29) is 23.8 Å². The van der Waals surface area contributed by atoms with E-state index in [1.807, 2.05) is 41.3 Å². The summed E-state index contributed by atoms with van der Waals surface area (Å²) < 4.78 is 6.19. The Morgan fingerprint density at radius 3 is 2.37 bits per heavy atom. The molecule has 5 rings (SSSR count). The third kappa shape index (κ3) is 5.13. The van der Waals surface area contributed by atoms with E-state index in [1.54, 1.807) is 35.4 Å². The van der Waals surface area contributed by atoms with Crippen molar-refractivity contribution in [1.29, 1.82) is 0 Å². The summed E-state index contributed by atoms with van der Waals surface area (Å²) in [6.45, 7) is 2.54. The highest BCUT2D eigenvalue weighted by Crippen LogP contribution is 2.29. The minimum absolute atomic E-state index is 0.00604. The number of amides is 2. The third-order valence-corrected chi connectivity index (χ3v) is 6.70. The second-order valence-electron chi connectivity index (χ2n) is 8.69. The molecule has 0 radical (unpaired) electrons. The van der Waals surface area contributed by atoms with Gasteiger partial charge in [-0.1, -0.05) is 23.7 Å². The highest BCUT2D eigenvalue weighted by atomic mass is 35.5. The van der Waals surface area contributed by atoms with Crippen molar-refractivity contribution in [3.63, 3.8) is 0 Å². The molecule has 2 aliphatic rings. The number of nitrogens with one attached hydrogen (secondary N) is 1. The molecule has 2 aliphatic heterocycles. The molecular formula is C26H26ClN5O3. The molecule has 0 unspecified atom stereocenters. The lowest BCUT2D eigenvalue weighted by Crippen LogP contribution is -2.51. The number of hydrogen-bond acceptors (Lipinski definition) is 6. The summed E-state index contributed by atoms with van der Waals surface area (Å²) in [4.78, 5) is 29.3. The standard InChI is InChI=1S/C26H26ClN5O3/c27-23-5-2-1-4-22(23)26(34)31-14-11-21(12-15-31)35-20-9-7-19(8-10-20)32(24-6-3-13-29-30-24)25(33)18-16-28-17-18/h1-10,13,18,21,28H,11-12,14-17H2. The van der Waals surface area contributed by atoms with E-state index in [1.165, 1.54) is 0 Å². The first-order valence-electron chi connectivity index (χ1n) is 11.7. The minimum Gasteiger partial charge on any atom is -0.490 e. The molecule has 1 aromatic heterocycles. The van der Waals surface area contributed by atoms with Crippen LogP contribution in [-0.4, -0.2) is 59.2 Å². The summed E-state index contributed by atoms with van der Waals surface area (Å²) >= 11 is 6.19. The van der Waals surface area contributed by atoms with Gasteiger partial charge in [0.2, 0.25) is 5.91 Å². The summed E-state index contributed by atoms with van der Waals surface area (Å²) in [5.41, 5.74) is 1.25. The maximum Gasteiger partial charge on any atom is 0.255 e. The topological polar surface area (TPSA) is 87.7 Å². The van der Waals surface area contributed by atoms with Crippen LogP contribution >= 0.6 is 11.6 Å². The van der Waals surface area contributed by atoms with Gasteiger partial charge >= 0.3 is 0 Å². The van der Waals surface area contributed by atoms with Crippen LogP contribution in [0, 0.1) is 5.92 Å². The maximum absolute atomic E-state index is 13.1. The average molecular weight is 492 g/mol. The van der Waals surface area contributed by atoms with Crippen molar-refractivity contribution in [2.75, 3.05) is 31.1 Å². The fourth-order valence-corrected chi connectivity index (χ4v) is 4.50. The Balaban J connectivity index is 1.22. The fraction of sp³-hybridized carbons (Fsp3) is 0.308. The Hall–Kier alpha value is -3.49. The van der Waals surface area contributed by atoms with Crippen molar-refractivity contribution in [3.8, 4) is 5.75 Å². The number of rotatable bonds is 6. The monoisotopic (exact) mass is 491 g/mol. The van der Waals surface area contributed by atoms with Gasteiger partial charge in [-0.3, -0.25) is 14.5 Å². The van der Waals surface area contributed by atoms with Crippen molar-refractivity contribution in [3.05, 3.63) is 77.4 Å². The molecule has 2 saturated heterocycles. The zero-order valence-corrected chi connectivity index (χ0v) is 19.9. The molecule has 3 heterocycles. The fourth-order valence-electron chi connectivity index (χ4n) is 4.28. The van der Waals surface area contributed by atoms with Gasteiger partial charge in [-0.25, -0.2) is 0 Å². The predicted molar refractivity (Wildman–Crippen MR) is 133 cm³/mol. The van der Waals surface area contributed by atoms with Gasteiger partial charge in [0.15, 0.2) is 5.82 Å². The van der Waals surface area contributed by atoms with Crippen molar-refractivity contribution < 1.29 is 14.3 Å². The molecule has 0 atom stereocenters. The van der Waals surface area contributed by atoms with E-state index in [4.69, 9.17) is 16.3 Å². The average Bonchev–Trinajstić information content (AvgIpc) is 2.85. The van der Waals surface area contributed by atoms with Crippen molar-refractivity contribution in [2.24, 2.45) is 5.92 Å². The summed E-state index contributed by atoms with van der Waals surface area (Å²) in [6.07, 6.45) is 3.06. The number of nitrogens with zero attached hydrogens (tertiary/aromatic N) is 4. The second-order valence-corrected chi connectivity index (χ2v) is 9.10. The number of anilines is 2. The van der Waals surface area contributed by atoms with E-state index in [0.717, 1.165) is 24.3 Å². The Morgan fingerprint density at radius 2 is 1.74 bits per heavy atom. The third-order valence-electron chi connectivity index (χ3n) is 6.37. The van der Waals surface area contributed by atoms with Crippen LogP contribution in [0.5, 0.6) is 5.75 Å². The minimum atomic E-state index is -0.0772. The quantitative estimate of drug-likeness (QED) is 0.565. The van der Waals surface area contributed by atoms with Crippen LogP contribution in [0.1, 0.15) is 23.2 Å². The molecule has 180 valence electrons. The van der Waals surface area contributed by atoms with Gasteiger partial charge in [0.1, 0.15) is 11.9 Å². The molecule has 0 spiro atoms. The highest BCUT2D eigenvalue weighted by Gasteiger charge is 2.32. The lowest BCUT2D eigenvalue weighted by Gasteiger charge is -2.33. The summed E-state index contributed by atoms with van der Waals surface area (Å²) in [7, 11) is 0. The van der Waals surface area contributed by atoms with Crippen LogP contribution in [0.4, 0.5) is 11.5 Å². The molecule has 0 aliphatic carbocycles. The van der Waals surface area contributed by atoms with Gasteiger partial charge in [-0.05, 0) is 48.5 Å². The molecule has 3 aromatic rings. The lowest BCUT2D eigenvalue weighted by molar-refractivity contribution is -0.123. The van der Waals surface area contributed by atoms with Crippen molar-refractivity contribution in [1.82, 2.24) is 20.4 Å². The Kier molecular flexibility index (Phi) is 6.92. The molecule has 35 heavy (non-hydrogen) atoms. The predicted octanol–water partition coefficient (Wildman–Crippen LogP) is 3.70. The smallest absolute Gasteiger partial charge is 0.255 e. The molecule has 9 heteroatoms. The normalized spacial score (nSPS) is 16.4. The lowest BCUT2D eigenvalue weighted by atomic mass is 10.0.